The summed E-state index contributed by atoms with van der Waals surface area (Å²) in [7, 11) is 0. The lowest BCUT2D eigenvalue weighted by molar-refractivity contribution is 0.102. The van der Waals surface area contributed by atoms with Crippen molar-refractivity contribution < 1.29 is 13.9 Å². The lowest BCUT2D eigenvalue weighted by Gasteiger charge is -2.08. The molecule has 0 bridgehead atoms. The molecule has 6 heteroatoms. The molecule has 0 atom stereocenters. The molecule has 0 radical (unpaired) electrons. The lowest BCUT2D eigenvalue weighted by Crippen LogP contribution is -2.11. The molecule has 4 rings (SSSR count). The van der Waals surface area contributed by atoms with Crippen LogP contribution in [-0.2, 0) is 0 Å². The van der Waals surface area contributed by atoms with Crippen LogP contribution in [0.2, 0.25) is 0 Å². The summed E-state index contributed by atoms with van der Waals surface area (Å²) in [5.41, 5.74) is 4.09. The summed E-state index contributed by atoms with van der Waals surface area (Å²) < 4.78 is 18.6. The molecule has 30 heavy (non-hydrogen) atoms. The van der Waals surface area contributed by atoms with Crippen molar-refractivity contribution in [2.75, 3.05) is 5.32 Å². The number of ether oxygens (including phenoxy) is 1. The standard InChI is InChI=1S/C24H18FN3O2/c1-16-4-2-3-5-22(16)18-14-26-24(27-15-18)30-21-12-6-17(7-13-21)23(29)28-20-10-8-19(25)9-11-20/h2-15H,1H3,(H,28,29). The van der Waals surface area contributed by atoms with Crippen LogP contribution in [-0.4, -0.2) is 15.9 Å². The summed E-state index contributed by atoms with van der Waals surface area (Å²) >= 11 is 0. The second-order valence-corrected chi connectivity index (χ2v) is 6.66. The first kappa shape index (κ1) is 19.3. The smallest absolute Gasteiger partial charge is 0.321 e. The van der Waals surface area contributed by atoms with Crippen LogP contribution in [0.25, 0.3) is 11.1 Å². The summed E-state index contributed by atoms with van der Waals surface area (Å²) in [6.45, 7) is 2.04. The van der Waals surface area contributed by atoms with Crippen LogP contribution in [0.15, 0.2) is 85.2 Å². The van der Waals surface area contributed by atoms with Crippen molar-refractivity contribution in [2.24, 2.45) is 0 Å². The zero-order valence-electron chi connectivity index (χ0n) is 16.2. The minimum Gasteiger partial charge on any atom is -0.424 e. The van der Waals surface area contributed by atoms with Gasteiger partial charge in [-0.1, -0.05) is 24.3 Å². The average Bonchev–Trinajstić information content (AvgIpc) is 2.77. The normalized spacial score (nSPS) is 10.5. The molecule has 1 aromatic heterocycles. The van der Waals surface area contributed by atoms with Gasteiger partial charge in [0.05, 0.1) is 0 Å². The van der Waals surface area contributed by atoms with Gasteiger partial charge in [-0.2, -0.15) is 0 Å². The van der Waals surface area contributed by atoms with Crippen LogP contribution in [0, 0.1) is 12.7 Å². The van der Waals surface area contributed by atoms with Gasteiger partial charge >= 0.3 is 6.01 Å². The molecule has 0 saturated carbocycles. The predicted octanol–water partition coefficient (Wildman–Crippen LogP) is 5.64. The number of carbonyl (C=O) groups excluding carboxylic acids is 1. The van der Waals surface area contributed by atoms with E-state index in [1.165, 1.54) is 24.3 Å². The molecule has 3 aromatic carbocycles. The molecule has 148 valence electrons. The first-order valence-electron chi connectivity index (χ1n) is 9.31. The molecule has 0 saturated heterocycles. The highest BCUT2D eigenvalue weighted by Crippen LogP contribution is 2.24. The summed E-state index contributed by atoms with van der Waals surface area (Å²) in [4.78, 5) is 20.8. The number of anilines is 1. The minimum absolute atomic E-state index is 0.218. The number of hydrogen-bond donors (Lipinski definition) is 1. The van der Waals surface area contributed by atoms with Crippen LogP contribution >= 0.6 is 0 Å². The van der Waals surface area contributed by atoms with E-state index in [1.54, 1.807) is 36.7 Å². The largest absolute Gasteiger partial charge is 0.424 e. The number of rotatable bonds is 5. The number of aryl methyl sites for hydroxylation is 1. The molecular formula is C24H18FN3O2. The monoisotopic (exact) mass is 399 g/mol. The number of hydrogen-bond acceptors (Lipinski definition) is 4. The molecule has 0 spiro atoms. The fourth-order valence-corrected chi connectivity index (χ4v) is 2.92. The van der Waals surface area contributed by atoms with E-state index >= 15 is 0 Å². The fourth-order valence-electron chi connectivity index (χ4n) is 2.92. The van der Waals surface area contributed by atoms with E-state index in [0.29, 0.717) is 17.0 Å². The van der Waals surface area contributed by atoms with E-state index < -0.39 is 0 Å². The maximum Gasteiger partial charge on any atom is 0.321 e. The van der Waals surface area contributed by atoms with Gasteiger partial charge in [0.15, 0.2) is 0 Å². The van der Waals surface area contributed by atoms with Gasteiger partial charge < -0.3 is 10.1 Å². The number of nitrogens with zero attached hydrogens (tertiary/aromatic N) is 2. The highest BCUT2D eigenvalue weighted by atomic mass is 19.1. The van der Waals surface area contributed by atoms with Gasteiger partial charge in [-0.15, -0.1) is 0 Å². The Bertz CT molecular complexity index is 1160. The van der Waals surface area contributed by atoms with Crippen molar-refractivity contribution in [1.29, 1.82) is 0 Å². The van der Waals surface area contributed by atoms with Crippen LogP contribution in [0.1, 0.15) is 15.9 Å². The van der Waals surface area contributed by atoms with Gasteiger partial charge in [-0.05, 0) is 66.6 Å². The van der Waals surface area contributed by atoms with E-state index in [9.17, 15) is 9.18 Å². The molecule has 1 heterocycles. The van der Waals surface area contributed by atoms with Crippen molar-refractivity contribution in [2.45, 2.75) is 6.92 Å². The quantitative estimate of drug-likeness (QED) is 0.472. The maximum atomic E-state index is 13.0. The van der Waals surface area contributed by atoms with E-state index in [2.05, 4.69) is 15.3 Å². The van der Waals surface area contributed by atoms with Crippen LogP contribution in [0.3, 0.4) is 0 Å². The molecule has 5 nitrogen and oxygen atoms in total. The van der Waals surface area contributed by atoms with E-state index in [0.717, 1.165) is 16.7 Å². The molecule has 0 fully saturated rings. The Morgan fingerprint density at radius 3 is 2.23 bits per heavy atom. The topological polar surface area (TPSA) is 64.1 Å². The molecular weight excluding hydrogens is 381 g/mol. The minimum atomic E-state index is -0.358. The molecule has 0 aliphatic carbocycles. The Balaban J connectivity index is 1.41. The molecule has 1 amide bonds. The molecule has 0 aliphatic rings. The van der Waals surface area contributed by atoms with Gasteiger partial charge in [0.1, 0.15) is 11.6 Å². The first-order valence-corrected chi connectivity index (χ1v) is 9.31. The summed E-state index contributed by atoms with van der Waals surface area (Å²) in [5.74, 6) is -0.146. The number of aromatic nitrogens is 2. The third-order valence-electron chi connectivity index (χ3n) is 4.51. The Labute approximate surface area is 173 Å². The Kier molecular flexibility index (Phi) is 5.48. The lowest BCUT2D eigenvalue weighted by atomic mass is 10.0. The van der Waals surface area contributed by atoms with Gasteiger partial charge in [0, 0.05) is 29.2 Å². The summed E-state index contributed by atoms with van der Waals surface area (Å²) in [6, 6.07) is 20.4. The fraction of sp³-hybridized carbons (Fsp3) is 0.0417. The predicted molar refractivity (Wildman–Crippen MR) is 113 cm³/mol. The van der Waals surface area contributed by atoms with Crippen molar-refractivity contribution in [3.8, 4) is 22.9 Å². The average molecular weight is 399 g/mol. The van der Waals surface area contributed by atoms with E-state index in [-0.39, 0.29) is 17.7 Å². The number of benzene rings is 3. The molecule has 0 aliphatic heterocycles. The van der Waals surface area contributed by atoms with Crippen molar-refractivity contribution >= 4 is 11.6 Å². The molecule has 4 aromatic rings. The van der Waals surface area contributed by atoms with Crippen LogP contribution < -0.4 is 10.1 Å². The number of carbonyl (C=O) groups is 1. The Hall–Kier alpha value is -4.06. The first-order chi connectivity index (χ1) is 14.6. The highest BCUT2D eigenvalue weighted by molar-refractivity contribution is 6.04. The molecule has 0 unspecified atom stereocenters. The number of nitrogens with one attached hydrogen (secondary N) is 1. The van der Waals surface area contributed by atoms with Gasteiger partial charge in [0.2, 0.25) is 0 Å². The Morgan fingerprint density at radius 2 is 1.57 bits per heavy atom. The van der Waals surface area contributed by atoms with Crippen molar-refractivity contribution in [3.05, 3.63) is 102 Å². The SMILES string of the molecule is Cc1ccccc1-c1cnc(Oc2ccc(C(=O)Nc3ccc(F)cc3)cc2)nc1. The van der Waals surface area contributed by atoms with Gasteiger partial charge in [0.25, 0.3) is 5.91 Å². The summed E-state index contributed by atoms with van der Waals surface area (Å²) in [6.07, 6.45) is 3.43. The van der Waals surface area contributed by atoms with Gasteiger partial charge in [-0.3, -0.25) is 4.79 Å². The highest BCUT2D eigenvalue weighted by Gasteiger charge is 2.08. The number of halogens is 1. The van der Waals surface area contributed by atoms with Gasteiger partial charge in [-0.25, -0.2) is 14.4 Å². The van der Waals surface area contributed by atoms with Crippen molar-refractivity contribution in [1.82, 2.24) is 9.97 Å². The maximum absolute atomic E-state index is 13.0. The second-order valence-electron chi connectivity index (χ2n) is 6.66. The zero-order valence-corrected chi connectivity index (χ0v) is 16.2. The third-order valence-corrected chi connectivity index (χ3v) is 4.51. The van der Waals surface area contributed by atoms with Crippen molar-refractivity contribution in [3.63, 3.8) is 0 Å². The number of amides is 1. The Morgan fingerprint density at radius 1 is 0.900 bits per heavy atom. The van der Waals surface area contributed by atoms with E-state index in [4.69, 9.17) is 4.74 Å². The van der Waals surface area contributed by atoms with E-state index in [1.807, 2.05) is 31.2 Å². The summed E-state index contributed by atoms with van der Waals surface area (Å²) in [5, 5.41) is 2.71. The zero-order chi connectivity index (χ0) is 20.9. The third kappa shape index (κ3) is 4.50. The van der Waals surface area contributed by atoms with Crippen LogP contribution in [0.5, 0.6) is 11.8 Å². The second kappa shape index (κ2) is 8.53. The van der Waals surface area contributed by atoms with Crippen LogP contribution in [0.4, 0.5) is 10.1 Å². The molecule has 1 N–H and O–H groups in total.